The highest BCUT2D eigenvalue weighted by Gasteiger charge is 2.42. The molecule has 2 aliphatic rings. The molecule has 2 atom stereocenters. The van der Waals surface area contributed by atoms with E-state index in [4.69, 9.17) is 0 Å². The van der Waals surface area contributed by atoms with Gasteiger partial charge in [-0.05, 0) is 48.0 Å². The van der Waals surface area contributed by atoms with E-state index in [0.717, 1.165) is 27.8 Å². The Morgan fingerprint density at radius 2 is 1.78 bits per heavy atom. The van der Waals surface area contributed by atoms with E-state index in [1.165, 1.54) is 12.1 Å². The molecule has 178 valence electrons. The number of hydrogen-bond acceptors (Lipinski definition) is 4. The highest BCUT2D eigenvalue weighted by molar-refractivity contribution is 6.40. The summed E-state index contributed by atoms with van der Waals surface area (Å²) in [5.41, 5.74) is 3.68. The normalized spacial score (nSPS) is 19.2. The van der Waals surface area contributed by atoms with Crippen molar-refractivity contribution in [2.75, 3.05) is 4.90 Å². The Bertz CT molecular complexity index is 1520. The lowest BCUT2D eigenvalue weighted by molar-refractivity contribution is -0.117. The predicted octanol–water partition coefficient (Wildman–Crippen LogP) is 4.49. The summed E-state index contributed by atoms with van der Waals surface area (Å²) in [6, 6.07) is 20.8. The first-order chi connectivity index (χ1) is 17.6. The summed E-state index contributed by atoms with van der Waals surface area (Å²) in [4.78, 5) is 32.0. The average Bonchev–Trinajstić information content (AvgIpc) is 3.64. The molecule has 6 rings (SSSR count). The van der Waals surface area contributed by atoms with Crippen LogP contribution in [0, 0.1) is 5.82 Å². The van der Waals surface area contributed by atoms with Gasteiger partial charge in [0.25, 0.3) is 5.91 Å². The van der Waals surface area contributed by atoms with Crippen LogP contribution in [0.3, 0.4) is 0 Å². The van der Waals surface area contributed by atoms with E-state index in [2.05, 4.69) is 15.4 Å². The van der Waals surface area contributed by atoms with Crippen molar-refractivity contribution in [3.05, 3.63) is 103 Å². The van der Waals surface area contributed by atoms with Crippen molar-refractivity contribution < 1.29 is 14.0 Å². The Labute approximate surface area is 206 Å². The molecule has 3 aromatic carbocycles. The van der Waals surface area contributed by atoms with Gasteiger partial charge in [-0.2, -0.15) is 5.10 Å². The van der Waals surface area contributed by atoms with Gasteiger partial charge in [0.2, 0.25) is 5.91 Å². The summed E-state index contributed by atoms with van der Waals surface area (Å²) in [5, 5.41) is 8.36. The fourth-order valence-corrected chi connectivity index (χ4v) is 4.92. The van der Waals surface area contributed by atoms with Crippen LogP contribution < -0.4 is 10.2 Å². The second-order valence-electron chi connectivity index (χ2n) is 8.84. The summed E-state index contributed by atoms with van der Waals surface area (Å²) in [7, 11) is 0. The Morgan fingerprint density at radius 3 is 2.53 bits per heavy atom. The fourth-order valence-electron chi connectivity index (χ4n) is 4.92. The molecular formula is C28H22FN5O2. The zero-order valence-electron chi connectivity index (χ0n) is 19.2. The molecule has 1 saturated heterocycles. The number of carbonyl (C=O) groups is 2. The smallest absolute Gasteiger partial charge is 0.266 e. The summed E-state index contributed by atoms with van der Waals surface area (Å²) in [6.45, 7) is 0. The molecule has 0 saturated carbocycles. The summed E-state index contributed by atoms with van der Waals surface area (Å²) in [6.07, 6.45) is 5.85. The SMILES string of the molecule is O=C(N[C@H]1CC(=O)N(c2ccc3c(cnn3-c3ccc(F)cc3)c2)[C@@H]1c1ccccc1)C1=NC=CC1. The average molecular weight is 480 g/mol. The molecule has 1 N–H and O–H groups in total. The second kappa shape index (κ2) is 8.88. The molecule has 2 amide bonds. The van der Waals surface area contributed by atoms with E-state index in [0.29, 0.717) is 12.1 Å². The third-order valence-corrected chi connectivity index (χ3v) is 6.59. The number of fused-ring (bicyclic) bond motifs is 1. The van der Waals surface area contributed by atoms with E-state index in [-0.39, 0.29) is 30.1 Å². The molecule has 0 bridgehead atoms. The molecule has 2 aliphatic heterocycles. The number of aromatic nitrogens is 2. The van der Waals surface area contributed by atoms with Gasteiger partial charge in [0.1, 0.15) is 11.5 Å². The fraction of sp³-hybridized carbons (Fsp3) is 0.143. The molecule has 0 aliphatic carbocycles. The van der Waals surface area contributed by atoms with Crippen LogP contribution in [0.15, 0.2) is 96.3 Å². The summed E-state index contributed by atoms with van der Waals surface area (Å²) in [5.74, 6) is -0.641. The highest BCUT2D eigenvalue weighted by Crippen LogP contribution is 2.38. The minimum Gasteiger partial charge on any atom is -0.345 e. The predicted molar refractivity (Wildman–Crippen MR) is 135 cm³/mol. The van der Waals surface area contributed by atoms with E-state index in [1.807, 2.05) is 54.6 Å². The van der Waals surface area contributed by atoms with Crippen LogP contribution in [0.4, 0.5) is 10.1 Å². The number of aliphatic imine (C=N–C) groups is 1. The molecule has 1 fully saturated rings. The zero-order chi connectivity index (χ0) is 24.6. The summed E-state index contributed by atoms with van der Waals surface area (Å²) < 4.78 is 15.1. The summed E-state index contributed by atoms with van der Waals surface area (Å²) >= 11 is 0. The number of allylic oxidation sites excluding steroid dienone is 1. The van der Waals surface area contributed by atoms with Crippen LogP contribution in [-0.2, 0) is 9.59 Å². The molecule has 0 unspecified atom stereocenters. The third-order valence-electron chi connectivity index (χ3n) is 6.59. The number of halogens is 1. The first kappa shape index (κ1) is 21.9. The number of amides is 2. The molecule has 0 radical (unpaired) electrons. The molecule has 7 nitrogen and oxygen atoms in total. The standard InChI is InChI=1S/C28H22FN5O2/c29-20-8-10-21(11-9-20)34-25-13-12-22(15-19(25)17-31-34)33-26(35)16-24(27(33)18-5-2-1-3-6-18)32-28(36)23-7-4-14-30-23/h1-6,8-15,17,24,27H,7,16H2,(H,32,36)/t24-,27+/m0/s1. The number of benzene rings is 3. The monoisotopic (exact) mass is 479 g/mol. The van der Waals surface area contributed by atoms with Crippen molar-refractivity contribution in [1.82, 2.24) is 15.1 Å². The molecule has 36 heavy (non-hydrogen) atoms. The lowest BCUT2D eigenvalue weighted by Gasteiger charge is -2.29. The molecule has 4 aromatic rings. The third kappa shape index (κ3) is 3.86. The van der Waals surface area contributed by atoms with Crippen molar-refractivity contribution in [2.45, 2.75) is 24.9 Å². The topological polar surface area (TPSA) is 79.6 Å². The highest BCUT2D eigenvalue weighted by atomic mass is 19.1. The van der Waals surface area contributed by atoms with Gasteiger partial charge in [0, 0.05) is 30.1 Å². The van der Waals surface area contributed by atoms with Crippen molar-refractivity contribution >= 4 is 34.1 Å². The van der Waals surface area contributed by atoms with Crippen LogP contribution in [0.25, 0.3) is 16.6 Å². The van der Waals surface area contributed by atoms with Gasteiger partial charge < -0.3 is 10.2 Å². The van der Waals surface area contributed by atoms with Crippen LogP contribution in [0.5, 0.6) is 0 Å². The van der Waals surface area contributed by atoms with Crippen LogP contribution in [0.2, 0.25) is 0 Å². The van der Waals surface area contributed by atoms with Crippen molar-refractivity contribution in [1.29, 1.82) is 0 Å². The van der Waals surface area contributed by atoms with Gasteiger partial charge in [0.15, 0.2) is 0 Å². The van der Waals surface area contributed by atoms with Gasteiger partial charge in [0.05, 0.1) is 29.5 Å². The maximum Gasteiger partial charge on any atom is 0.266 e. The van der Waals surface area contributed by atoms with Gasteiger partial charge in [-0.15, -0.1) is 0 Å². The van der Waals surface area contributed by atoms with Crippen LogP contribution in [-0.4, -0.2) is 33.3 Å². The van der Waals surface area contributed by atoms with Gasteiger partial charge >= 0.3 is 0 Å². The number of nitrogens with one attached hydrogen (secondary N) is 1. The number of carbonyl (C=O) groups excluding carboxylic acids is 2. The van der Waals surface area contributed by atoms with Crippen molar-refractivity contribution in [3.8, 4) is 5.69 Å². The van der Waals surface area contributed by atoms with Gasteiger partial charge in [-0.25, -0.2) is 9.07 Å². The Morgan fingerprint density at radius 1 is 1.00 bits per heavy atom. The van der Waals surface area contributed by atoms with Gasteiger partial charge in [-0.3, -0.25) is 14.6 Å². The number of hydrogen-bond donors (Lipinski definition) is 1. The molecule has 0 spiro atoms. The number of anilines is 1. The number of nitrogens with zero attached hydrogens (tertiary/aromatic N) is 4. The molecule has 8 heteroatoms. The Balaban J connectivity index is 1.36. The maximum atomic E-state index is 13.4. The Hall–Kier alpha value is -4.59. The van der Waals surface area contributed by atoms with E-state index < -0.39 is 6.04 Å². The van der Waals surface area contributed by atoms with E-state index in [1.54, 1.807) is 34.1 Å². The maximum absolute atomic E-state index is 13.4. The Kier molecular flexibility index (Phi) is 5.41. The largest absolute Gasteiger partial charge is 0.345 e. The first-order valence-corrected chi connectivity index (χ1v) is 11.7. The van der Waals surface area contributed by atoms with Crippen LogP contribution in [0.1, 0.15) is 24.4 Å². The molecular weight excluding hydrogens is 457 g/mol. The zero-order valence-corrected chi connectivity index (χ0v) is 19.2. The minimum atomic E-state index is -0.409. The van der Waals surface area contributed by atoms with Crippen LogP contribution >= 0.6 is 0 Å². The molecule has 3 heterocycles. The minimum absolute atomic E-state index is 0.0779. The molecule has 1 aromatic heterocycles. The quantitative estimate of drug-likeness (QED) is 0.458. The van der Waals surface area contributed by atoms with Gasteiger partial charge in [-0.1, -0.05) is 36.4 Å². The lowest BCUT2D eigenvalue weighted by Crippen LogP contribution is -2.42. The number of rotatable bonds is 5. The second-order valence-corrected chi connectivity index (χ2v) is 8.84. The lowest BCUT2D eigenvalue weighted by atomic mass is 9.99. The van der Waals surface area contributed by atoms with E-state index in [9.17, 15) is 14.0 Å². The first-order valence-electron chi connectivity index (χ1n) is 11.7. The van der Waals surface area contributed by atoms with Crippen molar-refractivity contribution in [2.24, 2.45) is 4.99 Å². The van der Waals surface area contributed by atoms with E-state index >= 15 is 0 Å². The van der Waals surface area contributed by atoms with Crippen molar-refractivity contribution in [3.63, 3.8) is 0 Å².